The first-order valence-electron chi connectivity index (χ1n) is 6.73. The molecule has 1 N–H and O–H groups in total. The van der Waals surface area contributed by atoms with Crippen molar-refractivity contribution in [2.75, 3.05) is 20.3 Å². The summed E-state index contributed by atoms with van der Waals surface area (Å²) in [6.07, 6.45) is 3.93. The molecule has 1 unspecified atom stereocenters. The van der Waals surface area contributed by atoms with Gasteiger partial charge in [0.2, 0.25) is 0 Å². The number of nitrogens with one attached hydrogen (secondary N) is 1. The van der Waals surface area contributed by atoms with Crippen LogP contribution in [0.3, 0.4) is 0 Å². The number of rotatable bonds is 5. The van der Waals surface area contributed by atoms with Crippen molar-refractivity contribution < 1.29 is 9.47 Å². The minimum absolute atomic E-state index is 0.342. The summed E-state index contributed by atoms with van der Waals surface area (Å²) in [6.45, 7) is 2.53. The highest BCUT2D eigenvalue weighted by Gasteiger charge is 2.13. The second-order valence-corrected chi connectivity index (χ2v) is 4.77. The minimum Gasteiger partial charge on any atom is -0.495 e. The molecular weight excluding hydrogens is 240 g/mol. The summed E-state index contributed by atoms with van der Waals surface area (Å²) in [5.74, 6) is 0.635. The number of nitriles is 1. The highest BCUT2D eigenvalue weighted by atomic mass is 16.5. The highest BCUT2D eigenvalue weighted by molar-refractivity contribution is 5.45. The van der Waals surface area contributed by atoms with E-state index in [0.717, 1.165) is 31.7 Å². The van der Waals surface area contributed by atoms with E-state index in [1.165, 1.54) is 12.8 Å². The van der Waals surface area contributed by atoms with Crippen LogP contribution in [-0.4, -0.2) is 26.4 Å². The number of hydrogen-bond donors (Lipinski definition) is 1. The second-order valence-electron chi connectivity index (χ2n) is 4.77. The molecule has 1 aliphatic heterocycles. The van der Waals surface area contributed by atoms with Gasteiger partial charge in [-0.1, -0.05) is 6.07 Å². The molecule has 4 heteroatoms. The fourth-order valence-electron chi connectivity index (χ4n) is 2.28. The Morgan fingerprint density at radius 2 is 2.37 bits per heavy atom. The topological polar surface area (TPSA) is 54.3 Å². The minimum atomic E-state index is 0.342. The molecule has 0 spiro atoms. The molecule has 0 radical (unpaired) electrons. The van der Waals surface area contributed by atoms with Crippen LogP contribution in [-0.2, 0) is 11.3 Å². The second kappa shape index (κ2) is 7.13. The van der Waals surface area contributed by atoms with Crippen molar-refractivity contribution in [2.24, 2.45) is 0 Å². The summed E-state index contributed by atoms with van der Waals surface area (Å²) in [6, 6.07) is 7.78. The van der Waals surface area contributed by atoms with E-state index in [2.05, 4.69) is 11.4 Å². The SMILES string of the molecule is COc1cc(CNCC2CCCCO2)ccc1C#N. The van der Waals surface area contributed by atoms with Crippen LogP contribution in [0.2, 0.25) is 0 Å². The quantitative estimate of drug-likeness (QED) is 0.882. The number of benzene rings is 1. The molecular formula is C15H20N2O2. The van der Waals surface area contributed by atoms with E-state index < -0.39 is 0 Å². The Balaban J connectivity index is 1.84. The highest BCUT2D eigenvalue weighted by Crippen LogP contribution is 2.19. The van der Waals surface area contributed by atoms with Crippen molar-refractivity contribution in [2.45, 2.75) is 31.9 Å². The summed E-state index contributed by atoms with van der Waals surface area (Å²) >= 11 is 0. The molecule has 1 aromatic rings. The molecule has 0 amide bonds. The lowest BCUT2D eigenvalue weighted by Gasteiger charge is -2.22. The molecule has 0 aromatic heterocycles. The van der Waals surface area contributed by atoms with Gasteiger partial charge in [-0.3, -0.25) is 0 Å². The summed E-state index contributed by atoms with van der Waals surface area (Å²) in [5, 5.41) is 12.3. The lowest BCUT2D eigenvalue weighted by atomic mass is 10.1. The molecule has 19 heavy (non-hydrogen) atoms. The van der Waals surface area contributed by atoms with Gasteiger partial charge in [0.25, 0.3) is 0 Å². The van der Waals surface area contributed by atoms with Crippen molar-refractivity contribution >= 4 is 0 Å². The van der Waals surface area contributed by atoms with Gasteiger partial charge in [-0.2, -0.15) is 5.26 Å². The first-order chi connectivity index (χ1) is 9.33. The van der Waals surface area contributed by atoms with Crippen LogP contribution in [0.25, 0.3) is 0 Å². The normalized spacial score (nSPS) is 18.8. The van der Waals surface area contributed by atoms with Crippen LogP contribution < -0.4 is 10.1 Å². The Bertz CT molecular complexity index is 448. The van der Waals surface area contributed by atoms with Gasteiger partial charge >= 0.3 is 0 Å². The van der Waals surface area contributed by atoms with Gasteiger partial charge in [-0.15, -0.1) is 0 Å². The van der Waals surface area contributed by atoms with Gasteiger partial charge in [0.05, 0.1) is 18.8 Å². The average Bonchev–Trinajstić information content (AvgIpc) is 2.48. The summed E-state index contributed by atoms with van der Waals surface area (Å²) in [7, 11) is 1.59. The van der Waals surface area contributed by atoms with Crippen LogP contribution in [0.1, 0.15) is 30.4 Å². The zero-order valence-electron chi connectivity index (χ0n) is 11.3. The molecule has 102 valence electrons. The van der Waals surface area contributed by atoms with Crippen LogP contribution in [0.15, 0.2) is 18.2 Å². The lowest BCUT2D eigenvalue weighted by molar-refractivity contribution is 0.0168. The van der Waals surface area contributed by atoms with Crippen molar-refractivity contribution in [1.82, 2.24) is 5.32 Å². The zero-order valence-corrected chi connectivity index (χ0v) is 11.3. The summed E-state index contributed by atoms with van der Waals surface area (Å²) < 4.78 is 10.9. The third-order valence-electron chi connectivity index (χ3n) is 3.36. The predicted molar refractivity (Wildman–Crippen MR) is 73.0 cm³/mol. The van der Waals surface area contributed by atoms with Gasteiger partial charge in [-0.05, 0) is 37.0 Å². The Labute approximate surface area is 114 Å². The number of methoxy groups -OCH3 is 1. The largest absolute Gasteiger partial charge is 0.495 e. The van der Waals surface area contributed by atoms with Gasteiger partial charge in [0, 0.05) is 19.7 Å². The molecule has 0 bridgehead atoms. The zero-order chi connectivity index (χ0) is 13.5. The fourth-order valence-corrected chi connectivity index (χ4v) is 2.28. The van der Waals surface area contributed by atoms with Crippen LogP contribution in [0.4, 0.5) is 0 Å². The van der Waals surface area contributed by atoms with E-state index in [-0.39, 0.29) is 0 Å². The van der Waals surface area contributed by atoms with E-state index in [0.29, 0.717) is 17.4 Å². The molecule has 1 aromatic carbocycles. The summed E-state index contributed by atoms with van der Waals surface area (Å²) in [4.78, 5) is 0. The van der Waals surface area contributed by atoms with Crippen LogP contribution in [0, 0.1) is 11.3 Å². The van der Waals surface area contributed by atoms with Crippen LogP contribution >= 0.6 is 0 Å². The molecule has 1 fully saturated rings. The monoisotopic (exact) mass is 260 g/mol. The van der Waals surface area contributed by atoms with Gasteiger partial charge in [0.1, 0.15) is 11.8 Å². The Kier molecular flexibility index (Phi) is 5.20. The Morgan fingerprint density at radius 1 is 1.47 bits per heavy atom. The molecule has 1 heterocycles. The van der Waals surface area contributed by atoms with Crippen molar-refractivity contribution in [3.8, 4) is 11.8 Å². The number of nitrogens with zero attached hydrogens (tertiary/aromatic N) is 1. The van der Waals surface area contributed by atoms with E-state index in [4.69, 9.17) is 14.7 Å². The van der Waals surface area contributed by atoms with E-state index in [1.54, 1.807) is 13.2 Å². The maximum Gasteiger partial charge on any atom is 0.136 e. The lowest BCUT2D eigenvalue weighted by Crippen LogP contribution is -2.31. The molecule has 1 saturated heterocycles. The molecule has 0 aliphatic carbocycles. The number of ether oxygens (including phenoxy) is 2. The standard InChI is InChI=1S/C15H20N2O2/c1-18-15-8-12(5-6-13(15)9-16)10-17-11-14-4-2-3-7-19-14/h5-6,8,14,17H,2-4,7,10-11H2,1H3. The maximum atomic E-state index is 8.92. The molecule has 1 atom stereocenters. The summed E-state index contributed by atoms with van der Waals surface area (Å²) in [5.41, 5.74) is 1.69. The van der Waals surface area contributed by atoms with E-state index >= 15 is 0 Å². The third kappa shape index (κ3) is 3.95. The molecule has 2 rings (SSSR count). The average molecular weight is 260 g/mol. The predicted octanol–water partition coefficient (Wildman–Crippen LogP) is 2.23. The Morgan fingerprint density at radius 3 is 3.05 bits per heavy atom. The van der Waals surface area contributed by atoms with Crippen molar-refractivity contribution in [1.29, 1.82) is 5.26 Å². The van der Waals surface area contributed by atoms with Crippen molar-refractivity contribution in [3.63, 3.8) is 0 Å². The van der Waals surface area contributed by atoms with E-state index in [1.807, 2.05) is 12.1 Å². The fraction of sp³-hybridized carbons (Fsp3) is 0.533. The Hall–Kier alpha value is -1.57. The molecule has 1 aliphatic rings. The van der Waals surface area contributed by atoms with Gasteiger partial charge < -0.3 is 14.8 Å². The smallest absolute Gasteiger partial charge is 0.136 e. The molecule has 4 nitrogen and oxygen atoms in total. The first kappa shape index (κ1) is 13.9. The maximum absolute atomic E-state index is 8.92. The van der Waals surface area contributed by atoms with Crippen LogP contribution in [0.5, 0.6) is 5.75 Å². The third-order valence-corrected chi connectivity index (χ3v) is 3.36. The van der Waals surface area contributed by atoms with Gasteiger partial charge in [0.15, 0.2) is 0 Å². The first-order valence-corrected chi connectivity index (χ1v) is 6.73. The van der Waals surface area contributed by atoms with Gasteiger partial charge in [-0.25, -0.2) is 0 Å². The number of hydrogen-bond acceptors (Lipinski definition) is 4. The van der Waals surface area contributed by atoms with Crippen molar-refractivity contribution in [3.05, 3.63) is 29.3 Å². The molecule has 0 saturated carbocycles. The van der Waals surface area contributed by atoms with E-state index in [9.17, 15) is 0 Å².